The molecule has 0 bridgehead atoms. The van der Waals surface area contributed by atoms with Gasteiger partial charge >= 0.3 is 0 Å². The summed E-state index contributed by atoms with van der Waals surface area (Å²) in [6.45, 7) is 1.12. The normalized spacial score (nSPS) is 17.5. The van der Waals surface area contributed by atoms with Crippen molar-refractivity contribution in [3.05, 3.63) is 27.9 Å². The maximum Gasteiger partial charge on any atom is 0.300 e. The summed E-state index contributed by atoms with van der Waals surface area (Å²) in [6.07, 6.45) is 2.98. The van der Waals surface area contributed by atoms with Crippen molar-refractivity contribution in [1.29, 1.82) is 0 Å². The Morgan fingerprint density at radius 2 is 2.43 bits per heavy atom. The summed E-state index contributed by atoms with van der Waals surface area (Å²) in [4.78, 5) is 28.2. The van der Waals surface area contributed by atoms with E-state index in [9.17, 15) is 14.9 Å². The largest absolute Gasteiger partial charge is 0.376 e. The summed E-state index contributed by atoms with van der Waals surface area (Å²) >= 11 is 0. The highest BCUT2D eigenvalue weighted by molar-refractivity contribution is 5.98. The van der Waals surface area contributed by atoms with Gasteiger partial charge in [-0.05, 0) is 12.8 Å². The molecular formula is C13H18N4O4. The van der Waals surface area contributed by atoms with E-state index < -0.39 is 10.8 Å². The van der Waals surface area contributed by atoms with Gasteiger partial charge in [-0.2, -0.15) is 0 Å². The molecule has 114 valence electrons. The molecule has 0 aliphatic carbocycles. The topological polar surface area (TPSA) is 97.6 Å². The minimum Gasteiger partial charge on any atom is -0.376 e. The number of nitrogens with zero attached hydrogens (tertiary/aromatic N) is 3. The van der Waals surface area contributed by atoms with E-state index in [0.29, 0.717) is 19.0 Å². The Morgan fingerprint density at radius 1 is 1.67 bits per heavy atom. The molecule has 2 heterocycles. The zero-order chi connectivity index (χ0) is 15.4. The average molecular weight is 294 g/mol. The molecule has 8 nitrogen and oxygen atoms in total. The Balaban J connectivity index is 2.21. The Labute approximate surface area is 122 Å². The zero-order valence-corrected chi connectivity index (χ0v) is 12.0. The number of anilines is 1. The standard InChI is InChI=1S/C13H18N4O4/c1-14-12-6-10(11(7-15-12)17(19)20)13(18)16(2)8-9-4-3-5-21-9/h6-7,9H,3-5,8H2,1-2H3,(H,14,15). The van der Waals surface area contributed by atoms with Crippen molar-refractivity contribution in [2.45, 2.75) is 18.9 Å². The van der Waals surface area contributed by atoms with Gasteiger partial charge in [0.25, 0.3) is 11.6 Å². The van der Waals surface area contributed by atoms with Gasteiger partial charge in [0.15, 0.2) is 0 Å². The molecule has 21 heavy (non-hydrogen) atoms. The van der Waals surface area contributed by atoms with Crippen molar-refractivity contribution in [3.63, 3.8) is 0 Å². The predicted molar refractivity (Wildman–Crippen MR) is 76.4 cm³/mol. The summed E-state index contributed by atoms with van der Waals surface area (Å²) in [5.74, 6) is 0.00515. The van der Waals surface area contributed by atoms with E-state index in [1.165, 1.54) is 11.0 Å². The summed E-state index contributed by atoms with van der Waals surface area (Å²) < 4.78 is 5.48. The molecule has 1 atom stereocenters. The van der Waals surface area contributed by atoms with Crippen LogP contribution in [0.5, 0.6) is 0 Å². The fraction of sp³-hybridized carbons (Fsp3) is 0.538. The molecular weight excluding hydrogens is 276 g/mol. The molecule has 1 aromatic rings. The van der Waals surface area contributed by atoms with Gasteiger partial charge in [0.05, 0.1) is 11.0 Å². The lowest BCUT2D eigenvalue weighted by Gasteiger charge is -2.20. The Bertz CT molecular complexity index is 543. The summed E-state index contributed by atoms with van der Waals surface area (Å²) in [5, 5.41) is 13.8. The maximum atomic E-state index is 12.4. The predicted octanol–water partition coefficient (Wildman–Crippen LogP) is 1.28. The second-order valence-electron chi connectivity index (χ2n) is 4.91. The molecule has 1 unspecified atom stereocenters. The Kier molecular flexibility index (Phi) is 4.69. The van der Waals surface area contributed by atoms with E-state index in [1.54, 1.807) is 14.1 Å². The molecule has 0 radical (unpaired) electrons. The minimum absolute atomic E-state index is 0.00335. The molecule has 1 amide bonds. The fourth-order valence-electron chi connectivity index (χ4n) is 2.28. The number of amides is 1. The third-order valence-corrected chi connectivity index (χ3v) is 3.41. The molecule has 1 saturated heterocycles. The number of rotatable bonds is 5. The second kappa shape index (κ2) is 6.49. The summed E-state index contributed by atoms with van der Waals surface area (Å²) in [5.41, 5.74) is -0.266. The number of likely N-dealkylation sites (N-methyl/N-ethyl adjacent to an activating group) is 1. The number of aromatic nitrogens is 1. The lowest BCUT2D eigenvalue weighted by atomic mass is 10.1. The summed E-state index contributed by atoms with van der Waals surface area (Å²) in [7, 11) is 3.26. The van der Waals surface area contributed by atoms with E-state index in [0.717, 1.165) is 19.0 Å². The van der Waals surface area contributed by atoms with Gasteiger partial charge in [-0.1, -0.05) is 0 Å². The Morgan fingerprint density at radius 3 is 3.00 bits per heavy atom. The van der Waals surface area contributed by atoms with Gasteiger partial charge in [-0.3, -0.25) is 14.9 Å². The molecule has 0 saturated carbocycles. The van der Waals surface area contributed by atoms with E-state index in [1.807, 2.05) is 0 Å². The number of pyridine rings is 1. The highest BCUT2D eigenvalue weighted by Crippen LogP contribution is 2.22. The lowest BCUT2D eigenvalue weighted by Crippen LogP contribution is -2.34. The fourth-order valence-corrected chi connectivity index (χ4v) is 2.28. The number of carbonyl (C=O) groups is 1. The first kappa shape index (κ1) is 15.2. The molecule has 1 aromatic heterocycles. The molecule has 2 rings (SSSR count). The van der Waals surface area contributed by atoms with Crippen molar-refractivity contribution in [2.75, 3.05) is 32.6 Å². The summed E-state index contributed by atoms with van der Waals surface area (Å²) in [6, 6.07) is 1.40. The van der Waals surface area contributed by atoms with Gasteiger partial charge in [0.1, 0.15) is 17.6 Å². The monoisotopic (exact) mass is 294 g/mol. The smallest absolute Gasteiger partial charge is 0.300 e. The zero-order valence-electron chi connectivity index (χ0n) is 12.0. The highest BCUT2D eigenvalue weighted by Gasteiger charge is 2.26. The first-order valence-electron chi connectivity index (χ1n) is 6.72. The SMILES string of the molecule is CNc1cc(C(=O)N(C)CC2CCCO2)c([N+](=O)[O-])cn1. The van der Waals surface area contributed by atoms with Gasteiger partial charge < -0.3 is 15.0 Å². The molecule has 1 aliphatic heterocycles. The molecule has 1 N–H and O–H groups in total. The number of carbonyl (C=O) groups excluding carboxylic acids is 1. The minimum atomic E-state index is -0.598. The van der Waals surface area contributed by atoms with Crippen molar-refractivity contribution >= 4 is 17.4 Å². The van der Waals surface area contributed by atoms with Crippen LogP contribution in [-0.2, 0) is 4.74 Å². The average Bonchev–Trinajstić information content (AvgIpc) is 2.98. The number of hydrogen-bond donors (Lipinski definition) is 1. The van der Waals surface area contributed by atoms with Crippen molar-refractivity contribution in [2.24, 2.45) is 0 Å². The maximum absolute atomic E-state index is 12.4. The first-order chi connectivity index (χ1) is 10.0. The quantitative estimate of drug-likeness (QED) is 0.649. The number of ether oxygens (including phenoxy) is 1. The third kappa shape index (κ3) is 3.46. The van der Waals surface area contributed by atoms with Crippen molar-refractivity contribution in [3.8, 4) is 0 Å². The van der Waals surface area contributed by atoms with Crippen LogP contribution in [0.1, 0.15) is 23.2 Å². The van der Waals surface area contributed by atoms with Crippen molar-refractivity contribution < 1.29 is 14.5 Å². The van der Waals surface area contributed by atoms with E-state index >= 15 is 0 Å². The lowest BCUT2D eigenvalue weighted by molar-refractivity contribution is -0.385. The Hall–Kier alpha value is -2.22. The molecule has 8 heteroatoms. The molecule has 1 fully saturated rings. The number of nitro groups is 1. The number of hydrogen-bond acceptors (Lipinski definition) is 6. The molecule has 1 aliphatic rings. The molecule has 0 spiro atoms. The van der Waals surface area contributed by atoms with Crippen LogP contribution in [0.3, 0.4) is 0 Å². The van der Waals surface area contributed by atoms with Gasteiger partial charge in [-0.15, -0.1) is 0 Å². The molecule has 0 aromatic carbocycles. The van der Waals surface area contributed by atoms with Crippen molar-refractivity contribution in [1.82, 2.24) is 9.88 Å². The first-order valence-corrected chi connectivity index (χ1v) is 6.72. The van der Waals surface area contributed by atoms with Crippen LogP contribution in [0, 0.1) is 10.1 Å². The van der Waals surface area contributed by atoms with Crippen LogP contribution in [0.2, 0.25) is 0 Å². The second-order valence-corrected chi connectivity index (χ2v) is 4.91. The van der Waals surface area contributed by atoms with Crippen LogP contribution in [0.25, 0.3) is 0 Å². The highest BCUT2D eigenvalue weighted by atomic mass is 16.6. The van der Waals surface area contributed by atoms with Crippen LogP contribution >= 0.6 is 0 Å². The van der Waals surface area contributed by atoms with Crippen LogP contribution < -0.4 is 5.32 Å². The van der Waals surface area contributed by atoms with Crippen LogP contribution in [0.4, 0.5) is 11.5 Å². The third-order valence-electron chi connectivity index (χ3n) is 3.41. The van der Waals surface area contributed by atoms with E-state index in [2.05, 4.69) is 10.3 Å². The van der Waals surface area contributed by atoms with E-state index in [-0.39, 0.29) is 17.4 Å². The van der Waals surface area contributed by atoms with Gasteiger partial charge in [0.2, 0.25) is 0 Å². The number of nitrogens with one attached hydrogen (secondary N) is 1. The van der Waals surface area contributed by atoms with Crippen LogP contribution in [-0.4, -0.2) is 54.1 Å². The van der Waals surface area contributed by atoms with Gasteiger partial charge in [0, 0.05) is 33.3 Å². The van der Waals surface area contributed by atoms with Gasteiger partial charge in [-0.25, -0.2) is 4.98 Å². The van der Waals surface area contributed by atoms with Crippen LogP contribution in [0.15, 0.2) is 12.3 Å². The van der Waals surface area contributed by atoms with E-state index in [4.69, 9.17) is 4.74 Å².